The van der Waals surface area contributed by atoms with Crippen molar-refractivity contribution in [3.8, 4) is 0 Å². The molecule has 29 heavy (non-hydrogen) atoms. The molecule has 0 N–H and O–H groups in total. The summed E-state index contributed by atoms with van der Waals surface area (Å²) in [6.07, 6.45) is -1.48. The number of fused-ring (bicyclic) bond motifs is 1. The van der Waals surface area contributed by atoms with Gasteiger partial charge in [0.2, 0.25) is 0 Å². The van der Waals surface area contributed by atoms with Gasteiger partial charge in [0.25, 0.3) is 11.6 Å². The molecule has 4 rings (SSSR count). The number of piperidine rings is 1. The fraction of sp³-hybridized carbons (Fsp3) is 0.474. The van der Waals surface area contributed by atoms with E-state index < -0.39 is 11.7 Å². The largest absolute Gasteiger partial charge is 0.417 e. The molecule has 1 aliphatic rings. The molecular formula is C19H20F3N5O2. The zero-order valence-corrected chi connectivity index (χ0v) is 16.0. The molecule has 0 spiro atoms. The average Bonchev–Trinajstić information content (AvgIpc) is 3.32. The summed E-state index contributed by atoms with van der Waals surface area (Å²) in [5.74, 6) is -0.418. The Balaban J connectivity index is 1.59. The lowest BCUT2D eigenvalue weighted by atomic mass is 9.90. The first-order valence-corrected chi connectivity index (χ1v) is 9.43. The van der Waals surface area contributed by atoms with Crippen LogP contribution in [-0.4, -0.2) is 43.8 Å². The number of aromatic nitrogens is 4. The number of amides is 1. The number of hydrogen-bond acceptors (Lipinski definition) is 5. The third kappa shape index (κ3) is 3.58. The summed E-state index contributed by atoms with van der Waals surface area (Å²) < 4.78 is 47.7. The number of aryl methyl sites for hydroxylation is 2. The molecule has 0 saturated carbocycles. The van der Waals surface area contributed by atoms with E-state index in [1.807, 2.05) is 0 Å². The quantitative estimate of drug-likeness (QED) is 0.664. The number of alkyl halides is 3. The number of nitrogens with zero attached hydrogens (tertiary/aromatic N) is 5. The van der Waals surface area contributed by atoms with Crippen LogP contribution in [0, 0.1) is 0 Å². The fourth-order valence-electron chi connectivity index (χ4n) is 3.75. The van der Waals surface area contributed by atoms with Gasteiger partial charge in [0, 0.05) is 37.9 Å². The first-order chi connectivity index (χ1) is 13.8. The molecule has 0 atom stereocenters. The van der Waals surface area contributed by atoms with Crippen molar-refractivity contribution in [3.63, 3.8) is 0 Å². The van der Waals surface area contributed by atoms with E-state index in [2.05, 4.69) is 15.2 Å². The molecule has 0 radical (unpaired) electrons. The van der Waals surface area contributed by atoms with Crippen molar-refractivity contribution in [2.45, 2.75) is 38.3 Å². The van der Waals surface area contributed by atoms with E-state index in [4.69, 9.17) is 4.52 Å². The molecule has 4 heterocycles. The number of pyridine rings is 1. The maximum Gasteiger partial charge on any atom is 0.417 e. The van der Waals surface area contributed by atoms with Crippen molar-refractivity contribution in [1.29, 1.82) is 0 Å². The molecule has 0 aliphatic carbocycles. The minimum atomic E-state index is -4.53. The highest BCUT2D eigenvalue weighted by Gasteiger charge is 2.38. The Morgan fingerprint density at radius 1 is 1.31 bits per heavy atom. The summed E-state index contributed by atoms with van der Waals surface area (Å²) in [7, 11) is 1.73. The van der Waals surface area contributed by atoms with Crippen molar-refractivity contribution < 1.29 is 22.5 Å². The van der Waals surface area contributed by atoms with Gasteiger partial charge in [0.1, 0.15) is 5.69 Å². The Bertz CT molecular complexity index is 1050. The highest BCUT2D eigenvalue weighted by atomic mass is 19.4. The van der Waals surface area contributed by atoms with E-state index >= 15 is 0 Å². The second kappa shape index (κ2) is 7.16. The van der Waals surface area contributed by atoms with Crippen molar-refractivity contribution >= 4 is 17.0 Å². The standard InChI is InChI=1S/C19H20F3N5O2/c1-3-12-10-13(19(20,21)22)15-16(25-29-17(15)23-12)11-4-8-27(9-5-11)18(28)14-6-7-26(2)24-14/h6-7,10-11H,3-5,8-9H2,1-2H3. The van der Waals surface area contributed by atoms with Gasteiger partial charge in [0.15, 0.2) is 0 Å². The van der Waals surface area contributed by atoms with Gasteiger partial charge in [-0.25, -0.2) is 4.98 Å². The Morgan fingerprint density at radius 2 is 2.03 bits per heavy atom. The third-order valence-electron chi connectivity index (χ3n) is 5.30. The maximum atomic E-state index is 13.7. The van der Waals surface area contributed by atoms with Crippen LogP contribution in [-0.2, 0) is 19.6 Å². The SMILES string of the molecule is CCc1cc(C(F)(F)F)c2c(C3CCN(C(=O)c4ccn(C)n4)CC3)noc2n1. The molecule has 7 nitrogen and oxygen atoms in total. The van der Waals surface area contributed by atoms with Crippen molar-refractivity contribution in [2.24, 2.45) is 7.05 Å². The lowest BCUT2D eigenvalue weighted by Gasteiger charge is -2.30. The zero-order chi connectivity index (χ0) is 20.8. The van der Waals surface area contributed by atoms with Crippen LogP contribution in [0.3, 0.4) is 0 Å². The highest BCUT2D eigenvalue weighted by molar-refractivity contribution is 5.92. The number of likely N-dealkylation sites (tertiary alicyclic amines) is 1. The van der Waals surface area contributed by atoms with Gasteiger partial charge in [0.05, 0.1) is 16.6 Å². The smallest absolute Gasteiger partial charge is 0.337 e. The third-order valence-corrected chi connectivity index (χ3v) is 5.30. The molecule has 0 unspecified atom stereocenters. The normalized spacial score (nSPS) is 16.0. The van der Waals surface area contributed by atoms with Crippen LogP contribution in [0.2, 0.25) is 0 Å². The number of rotatable bonds is 3. The van der Waals surface area contributed by atoms with Crippen LogP contribution >= 0.6 is 0 Å². The zero-order valence-electron chi connectivity index (χ0n) is 16.0. The summed E-state index contributed by atoms with van der Waals surface area (Å²) in [6.45, 7) is 2.56. The minimum Gasteiger partial charge on any atom is -0.337 e. The monoisotopic (exact) mass is 407 g/mol. The Hall–Kier alpha value is -2.91. The second-order valence-corrected chi connectivity index (χ2v) is 7.20. The Labute approximate surface area is 164 Å². The second-order valence-electron chi connectivity index (χ2n) is 7.20. The Morgan fingerprint density at radius 3 is 2.62 bits per heavy atom. The van der Waals surface area contributed by atoms with Gasteiger partial charge in [-0.15, -0.1) is 0 Å². The van der Waals surface area contributed by atoms with E-state index in [9.17, 15) is 18.0 Å². The number of carbonyl (C=O) groups is 1. The predicted molar refractivity (Wildman–Crippen MR) is 97.3 cm³/mol. The van der Waals surface area contributed by atoms with Gasteiger partial charge in [-0.3, -0.25) is 9.48 Å². The molecule has 0 bridgehead atoms. The average molecular weight is 407 g/mol. The number of hydrogen-bond donors (Lipinski definition) is 0. The lowest BCUT2D eigenvalue weighted by Crippen LogP contribution is -2.38. The van der Waals surface area contributed by atoms with Crippen molar-refractivity contribution in [2.75, 3.05) is 13.1 Å². The molecule has 0 aromatic carbocycles. The topological polar surface area (TPSA) is 77.0 Å². The van der Waals surface area contributed by atoms with Crippen molar-refractivity contribution in [3.05, 3.63) is 41.0 Å². The van der Waals surface area contributed by atoms with Crippen LogP contribution < -0.4 is 0 Å². The van der Waals surface area contributed by atoms with E-state index in [0.29, 0.717) is 43.7 Å². The van der Waals surface area contributed by atoms with E-state index in [1.165, 1.54) is 0 Å². The molecule has 10 heteroatoms. The minimum absolute atomic E-state index is 0.0656. The van der Waals surface area contributed by atoms with E-state index in [1.54, 1.807) is 35.8 Å². The van der Waals surface area contributed by atoms with Gasteiger partial charge in [-0.05, 0) is 31.4 Å². The highest BCUT2D eigenvalue weighted by Crippen LogP contribution is 2.40. The summed E-state index contributed by atoms with van der Waals surface area (Å²) in [6, 6.07) is 2.72. The van der Waals surface area contributed by atoms with Crippen LogP contribution in [0.4, 0.5) is 13.2 Å². The fourth-order valence-corrected chi connectivity index (χ4v) is 3.75. The summed E-state index contributed by atoms with van der Waals surface area (Å²) in [5, 5.41) is 7.99. The van der Waals surface area contributed by atoms with E-state index in [-0.39, 0.29) is 28.6 Å². The summed E-state index contributed by atoms with van der Waals surface area (Å²) in [4.78, 5) is 18.4. The van der Waals surface area contributed by atoms with Gasteiger partial charge >= 0.3 is 6.18 Å². The first kappa shape index (κ1) is 19.4. The van der Waals surface area contributed by atoms with Crippen LogP contribution in [0.25, 0.3) is 11.1 Å². The van der Waals surface area contributed by atoms with E-state index in [0.717, 1.165) is 6.07 Å². The molecule has 1 saturated heterocycles. The van der Waals surface area contributed by atoms with Crippen LogP contribution in [0.1, 0.15) is 53.1 Å². The first-order valence-electron chi connectivity index (χ1n) is 9.43. The molecule has 3 aromatic rings. The molecule has 3 aromatic heterocycles. The molecule has 1 fully saturated rings. The molecule has 1 aliphatic heterocycles. The van der Waals surface area contributed by atoms with Crippen molar-refractivity contribution in [1.82, 2.24) is 24.8 Å². The Kier molecular flexibility index (Phi) is 4.79. The van der Waals surface area contributed by atoms with Gasteiger partial charge < -0.3 is 9.42 Å². The van der Waals surface area contributed by atoms with Crippen LogP contribution in [0.5, 0.6) is 0 Å². The number of halogens is 3. The molecule has 154 valence electrons. The number of carbonyl (C=O) groups excluding carboxylic acids is 1. The maximum absolute atomic E-state index is 13.7. The lowest BCUT2D eigenvalue weighted by molar-refractivity contribution is -0.136. The summed E-state index contributed by atoms with van der Waals surface area (Å²) in [5.41, 5.74) is 0.0884. The van der Waals surface area contributed by atoms with Gasteiger partial charge in [-0.2, -0.15) is 18.3 Å². The van der Waals surface area contributed by atoms with Crippen LogP contribution in [0.15, 0.2) is 22.9 Å². The predicted octanol–water partition coefficient (Wildman–Crippen LogP) is 3.56. The molecule has 1 amide bonds. The van der Waals surface area contributed by atoms with Gasteiger partial charge in [-0.1, -0.05) is 12.1 Å². The molecular weight excluding hydrogens is 387 g/mol. The summed E-state index contributed by atoms with van der Waals surface area (Å²) >= 11 is 0.